The number of benzene rings is 1. The Morgan fingerprint density at radius 3 is 2.88 bits per heavy atom. The fourth-order valence-electron chi connectivity index (χ4n) is 1.90. The number of nitro benzene ring substituents is 1. The number of amides is 1. The predicted molar refractivity (Wildman–Crippen MR) is 89.0 cm³/mol. The zero-order valence-corrected chi connectivity index (χ0v) is 13.7. The van der Waals surface area contributed by atoms with Crippen molar-refractivity contribution in [2.24, 2.45) is 0 Å². The highest BCUT2D eigenvalue weighted by Crippen LogP contribution is 2.27. The van der Waals surface area contributed by atoms with Gasteiger partial charge in [0.05, 0.1) is 16.4 Å². The van der Waals surface area contributed by atoms with E-state index in [1.54, 1.807) is 25.1 Å². The normalized spacial score (nSPS) is 11.9. The van der Waals surface area contributed by atoms with E-state index in [4.69, 9.17) is 8.83 Å². The van der Waals surface area contributed by atoms with Crippen LogP contribution in [0.15, 0.2) is 56.7 Å². The van der Waals surface area contributed by atoms with Crippen LogP contribution in [0.4, 0.5) is 11.4 Å². The van der Waals surface area contributed by atoms with Crippen molar-refractivity contribution in [1.82, 2.24) is 10.2 Å². The predicted octanol–water partition coefficient (Wildman–Crippen LogP) is 3.36. The van der Waals surface area contributed by atoms with Crippen LogP contribution in [0.25, 0.3) is 11.7 Å². The summed E-state index contributed by atoms with van der Waals surface area (Å²) >= 11 is 1.07. The minimum atomic E-state index is -0.552. The van der Waals surface area contributed by atoms with Crippen molar-refractivity contribution in [1.29, 1.82) is 0 Å². The summed E-state index contributed by atoms with van der Waals surface area (Å²) in [4.78, 5) is 22.5. The summed E-state index contributed by atoms with van der Waals surface area (Å²) in [6, 6.07) is 9.09. The Balaban J connectivity index is 1.63. The fourth-order valence-corrected chi connectivity index (χ4v) is 2.59. The molecule has 1 atom stereocenters. The summed E-state index contributed by atoms with van der Waals surface area (Å²) in [5.74, 6) is 0.315. The third-order valence-corrected chi connectivity index (χ3v) is 4.04. The standard InChI is InChI=1S/C15H12N4O5S/c1-9(13(20)16-10-4-2-5-11(8-10)19(21)22)25-15-18-17-14(24-15)12-6-3-7-23-12/h2-9H,1H3,(H,16,20). The van der Waals surface area contributed by atoms with Gasteiger partial charge < -0.3 is 14.2 Å². The molecule has 25 heavy (non-hydrogen) atoms. The number of hydrogen-bond acceptors (Lipinski definition) is 8. The average molecular weight is 360 g/mol. The van der Waals surface area contributed by atoms with Gasteiger partial charge in [0.15, 0.2) is 5.76 Å². The number of anilines is 1. The lowest BCUT2D eigenvalue weighted by atomic mass is 10.2. The van der Waals surface area contributed by atoms with Crippen LogP contribution in [-0.2, 0) is 4.79 Å². The van der Waals surface area contributed by atoms with Gasteiger partial charge in [-0.05, 0) is 25.1 Å². The first-order chi connectivity index (χ1) is 12.0. The van der Waals surface area contributed by atoms with Crippen LogP contribution in [0.3, 0.4) is 0 Å². The van der Waals surface area contributed by atoms with E-state index in [0.29, 0.717) is 11.4 Å². The minimum absolute atomic E-state index is 0.0990. The second-order valence-electron chi connectivity index (χ2n) is 4.91. The monoisotopic (exact) mass is 360 g/mol. The van der Waals surface area contributed by atoms with E-state index in [2.05, 4.69) is 15.5 Å². The smallest absolute Gasteiger partial charge is 0.284 e. The summed E-state index contributed by atoms with van der Waals surface area (Å²) in [7, 11) is 0. The van der Waals surface area contributed by atoms with Crippen LogP contribution in [0.1, 0.15) is 6.92 Å². The molecule has 0 aliphatic rings. The van der Waals surface area contributed by atoms with Crippen molar-refractivity contribution < 1.29 is 18.6 Å². The van der Waals surface area contributed by atoms with Gasteiger partial charge in [-0.25, -0.2) is 0 Å². The van der Waals surface area contributed by atoms with Crippen LogP contribution in [0, 0.1) is 10.1 Å². The first kappa shape index (κ1) is 16.7. The van der Waals surface area contributed by atoms with Gasteiger partial charge in [-0.1, -0.05) is 17.8 Å². The molecule has 3 aromatic rings. The molecule has 0 spiro atoms. The van der Waals surface area contributed by atoms with E-state index in [0.717, 1.165) is 11.8 Å². The summed E-state index contributed by atoms with van der Waals surface area (Å²) in [5.41, 5.74) is 0.242. The zero-order chi connectivity index (χ0) is 17.8. The Morgan fingerprint density at radius 2 is 2.16 bits per heavy atom. The van der Waals surface area contributed by atoms with E-state index in [1.165, 1.54) is 24.5 Å². The molecular weight excluding hydrogens is 348 g/mol. The van der Waals surface area contributed by atoms with Crippen molar-refractivity contribution in [3.05, 3.63) is 52.8 Å². The summed E-state index contributed by atoms with van der Waals surface area (Å²) in [6.07, 6.45) is 1.49. The van der Waals surface area contributed by atoms with Crippen molar-refractivity contribution in [3.63, 3.8) is 0 Å². The Bertz CT molecular complexity index is 893. The fraction of sp³-hybridized carbons (Fsp3) is 0.133. The van der Waals surface area contributed by atoms with E-state index in [9.17, 15) is 14.9 Å². The third-order valence-electron chi connectivity index (χ3n) is 3.11. The highest BCUT2D eigenvalue weighted by Gasteiger charge is 2.20. The van der Waals surface area contributed by atoms with Gasteiger partial charge in [0, 0.05) is 17.8 Å². The molecule has 2 aromatic heterocycles. The van der Waals surface area contributed by atoms with Gasteiger partial charge in [0.1, 0.15) is 0 Å². The molecule has 1 amide bonds. The van der Waals surface area contributed by atoms with Gasteiger partial charge in [0.25, 0.3) is 16.8 Å². The van der Waals surface area contributed by atoms with Crippen molar-refractivity contribution in [2.45, 2.75) is 17.4 Å². The molecule has 0 radical (unpaired) electrons. The lowest BCUT2D eigenvalue weighted by molar-refractivity contribution is -0.384. The average Bonchev–Trinajstić information content (AvgIpc) is 3.26. The largest absolute Gasteiger partial charge is 0.459 e. The number of nitro groups is 1. The number of hydrogen-bond donors (Lipinski definition) is 1. The number of carbonyl (C=O) groups is 1. The van der Waals surface area contributed by atoms with Gasteiger partial charge in [-0.15, -0.1) is 10.2 Å². The number of thioether (sulfide) groups is 1. The zero-order valence-electron chi connectivity index (χ0n) is 12.9. The Kier molecular flexibility index (Phi) is 4.80. The van der Waals surface area contributed by atoms with Crippen LogP contribution >= 0.6 is 11.8 Å². The SMILES string of the molecule is CC(Sc1nnc(-c2ccco2)o1)C(=O)Nc1cccc([N+](=O)[O-])c1. The molecule has 0 saturated carbocycles. The molecule has 0 aliphatic carbocycles. The maximum atomic E-state index is 12.2. The number of rotatable bonds is 6. The number of aromatic nitrogens is 2. The van der Waals surface area contributed by atoms with E-state index in [1.807, 2.05) is 0 Å². The van der Waals surface area contributed by atoms with Crippen LogP contribution in [-0.4, -0.2) is 26.3 Å². The summed E-state index contributed by atoms with van der Waals surface area (Å²) < 4.78 is 10.6. The number of nitrogens with one attached hydrogen (secondary N) is 1. The van der Waals surface area contributed by atoms with Crippen LogP contribution in [0.2, 0.25) is 0 Å². The molecule has 128 valence electrons. The number of carbonyl (C=O) groups excluding carboxylic acids is 1. The Labute approximate surface area is 145 Å². The lowest BCUT2D eigenvalue weighted by Gasteiger charge is -2.09. The van der Waals surface area contributed by atoms with Crippen molar-refractivity contribution in [2.75, 3.05) is 5.32 Å². The topological polar surface area (TPSA) is 124 Å². The molecule has 10 heteroatoms. The second kappa shape index (κ2) is 7.18. The minimum Gasteiger partial charge on any atom is -0.459 e. The third kappa shape index (κ3) is 4.04. The molecule has 0 aliphatic heterocycles. The first-order valence-electron chi connectivity index (χ1n) is 7.12. The molecule has 1 unspecified atom stereocenters. The number of furan rings is 1. The quantitative estimate of drug-likeness (QED) is 0.403. The molecule has 3 rings (SSSR count). The van der Waals surface area contributed by atoms with E-state index in [-0.39, 0.29) is 22.7 Å². The summed E-state index contributed by atoms with van der Waals surface area (Å²) in [5, 5.41) is 20.8. The second-order valence-corrected chi connectivity index (χ2v) is 6.20. The molecular formula is C15H12N4O5S. The highest BCUT2D eigenvalue weighted by atomic mass is 32.2. The lowest BCUT2D eigenvalue weighted by Crippen LogP contribution is -2.22. The molecule has 0 bridgehead atoms. The molecule has 0 saturated heterocycles. The summed E-state index contributed by atoms with van der Waals surface area (Å²) in [6.45, 7) is 1.66. The van der Waals surface area contributed by atoms with Gasteiger partial charge in [-0.2, -0.15) is 0 Å². The van der Waals surface area contributed by atoms with Gasteiger partial charge in [0.2, 0.25) is 5.91 Å². The Morgan fingerprint density at radius 1 is 1.32 bits per heavy atom. The number of nitrogens with zero attached hydrogens (tertiary/aromatic N) is 3. The van der Waals surface area contributed by atoms with E-state index < -0.39 is 10.2 Å². The van der Waals surface area contributed by atoms with Crippen molar-refractivity contribution >= 4 is 29.0 Å². The van der Waals surface area contributed by atoms with Crippen LogP contribution in [0.5, 0.6) is 0 Å². The highest BCUT2D eigenvalue weighted by molar-refractivity contribution is 8.00. The Hall–Kier alpha value is -3.14. The molecule has 2 heterocycles. The van der Waals surface area contributed by atoms with Gasteiger partial charge in [-0.3, -0.25) is 14.9 Å². The maximum absolute atomic E-state index is 12.2. The molecule has 1 aromatic carbocycles. The van der Waals surface area contributed by atoms with Crippen molar-refractivity contribution in [3.8, 4) is 11.7 Å². The van der Waals surface area contributed by atoms with E-state index >= 15 is 0 Å². The molecule has 0 fully saturated rings. The van der Waals surface area contributed by atoms with Crippen LogP contribution < -0.4 is 5.32 Å². The molecule has 9 nitrogen and oxygen atoms in total. The number of non-ortho nitro benzene ring substituents is 1. The first-order valence-corrected chi connectivity index (χ1v) is 8.00. The molecule has 1 N–H and O–H groups in total. The maximum Gasteiger partial charge on any atom is 0.284 e. The van der Waals surface area contributed by atoms with Gasteiger partial charge >= 0.3 is 0 Å².